The highest BCUT2D eigenvalue weighted by molar-refractivity contribution is 5.69. The molecule has 148 valence electrons. The number of ether oxygens (including phenoxy) is 1. The van der Waals surface area contributed by atoms with Crippen molar-refractivity contribution in [1.29, 1.82) is 0 Å². The van der Waals surface area contributed by atoms with Gasteiger partial charge < -0.3 is 15.4 Å². The Bertz CT molecular complexity index is 768. The second-order valence-corrected chi connectivity index (χ2v) is 7.66. The third kappa shape index (κ3) is 4.91. The van der Waals surface area contributed by atoms with Crippen LogP contribution in [0.3, 0.4) is 0 Å². The van der Waals surface area contributed by atoms with Gasteiger partial charge in [0.1, 0.15) is 5.75 Å². The Hall–Kier alpha value is -2.37. The highest BCUT2D eigenvalue weighted by atomic mass is 16.5. The first kappa shape index (κ1) is 19.0. The molecule has 1 fully saturated rings. The van der Waals surface area contributed by atoms with E-state index < -0.39 is 0 Å². The third-order valence-electron chi connectivity index (χ3n) is 5.70. The normalized spacial score (nSPS) is 21.9. The van der Waals surface area contributed by atoms with E-state index in [0.717, 1.165) is 37.0 Å². The molecule has 3 N–H and O–H groups in total. The zero-order valence-corrected chi connectivity index (χ0v) is 16.5. The van der Waals surface area contributed by atoms with Crippen molar-refractivity contribution in [3.63, 3.8) is 0 Å². The minimum atomic E-state index is -0.0827. The van der Waals surface area contributed by atoms with Crippen molar-refractivity contribution >= 4 is 11.9 Å². The molecule has 1 aliphatic carbocycles. The van der Waals surface area contributed by atoms with Crippen LogP contribution in [0.25, 0.3) is 0 Å². The molecule has 1 saturated carbocycles. The summed E-state index contributed by atoms with van der Waals surface area (Å²) in [5.41, 5.74) is 3.71. The molecule has 2 aromatic rings. The van der Waals surface area contributed by atoms with Crippen LogP contribution in [0.1, 0.15) is 36.3 Å². The van der Waals surface area contributed by atoms with E-state index in [1.54, 1.807) is 7.11 Å². The quantitative estimate of drug-likeness (QED) is 0.658. The number of hydrogen-bond donors (Lipinski definition) is 3. The highest BCUT2D eigenvalue weighted by Crippen LogP contribution is 2.21. The molecule has 0 spiro atoms. The molecule has 0 amide bonds. The van der Waals surface area contributed by atoms with Crippen LogP contribution in [-0.4, -0.2) is 38.7 Å². The van der Waals surface area contributed by atoms with Crippen LogP contribution in [0.15, 0.2) is 53.5 Å². The van der Waals surface area contributed by atoms with Crippen LogP contribution in [-0.2, 0) is 6.42 Å². The molecule has 2 unspecified atom stereocenters. The monoisotopic (exact) mass is 378 g/mol. The standard InChI is InChI=1S/C23H30N4O/c1-28-22-11-7-18(8-12-22)19-15-25-23(26-16-19)27-21-9-5-17(6-10-21)13-14-24-20-3-2-4-20/h5-12,15,19-20,23-24,26-27H,2-4,13-14,16H2,1H3. The predicted octanol–water partition coefficient (Wildman–Crippen LogP) is 3.53. The Morgan fingerprint density at radius 3 is 2.46 bits per heavy atom. The first-order valence-corrected chi connectivity index (χ1v) is 10.3. The number of aliphatic imine (C=N–C) groups is 1. The second kappa shape index (κ2) is 9.22. The van der Waals surface area contributed by atoms with E-state index in [1.807, 2.05) is 18.3 Å². The maximum Gasteiger partial charge on any atom is 0.173 e. The molecule has 0 aromatic heterocycles. The Morgan fingerprint density at radius 2 is 1.86 bits per heavy atom. The van der Waals surface area contributed by atoms with Gasteiger partial charge >= 0.3 is 0 Å². The molecular formula is C23H30N4O. The Balaban J connectivity index is 1.25. The average molecular weight is 379 g/mol. The lowest BCUT2D eigenvalue weighted by molar-refractivity contribution is 0.342. The van der Waals surface area contributed by atoms with Crippen molar-refractivity contribution < 1.29 is 4.74 Å². The first-order valence-electron chi connectivity index (χ1n) is 10.3. The number of hydrogen-bond acceptors (Lipinski definition) is 5. The van der Waals surface area contributed by atoms with E-state index in [-0.39, 0.29) is 12.2 Å². The van der Waals surface area contributed by atoms with Gasteiger partial charge in [-0.1, -0.05) is 30.7 Å². The van der Waals surface area contributed by atoms with Gasteiger partial charge in [-0.15, -0.1) is 0 Å². The second-order valence-electron chi connectivity index (χ2n) is 7.66. The van der Waals surface area contributed by atoms with Crippen LogP contribution in [0.4, 0.5) is 5.69 Å². The summed E-state index contributed by atoms with van der Waals surface area (Å²) in [6.07, 6.45) is 7.11. The predicted molar refractivity (Wildman–Crippen MR) is 115 cm³/mol. The van der Waals surface area contributed by atoms with Gasteiger partial charge in [-0.2, -0.15) is 0 Å². The van der Waals surface area contributed by atoms with Crippen LogP contribution >= 0.6 is 0 Å². The van der Waals surface area contributed by atoms with E-state index >= 15 is 0 Å². The minimum Gasteiger partial charge on any atom is -0.497 e. The van der Waals surface area contributed by atoms with Gasteiger partial charge in [-0.3, -0.25) is 10.3 Å². The van der Waals surface area contributed by atoms with Gasteiger partial charge in [0.25, 0.3) is 0 Å². The summed E-state index contributed by atoms with van der Waals surface area (Å²) < 4.78 is 5.23. The summed E-state index contributed by atoms with van der Waals surface area (Å²) in [7, 11) is 1.69. The molecule has 2 aliphatic rings. The summed E-state index contributed by atoms with van der Waals surface area (Å²) in [6, 6.07) is 17.7. The van der Waals surface area contributed by atoms with E-state index in [1.165, 1.54) is 30.4 Å². The third-order valence-corrected chi connectivity index (χ3v) is 5.70. The van der Waals surface area contributed by atoms with Crippen LogP contribution in [0.2, 0.25) is 0 Å². The number of methoxy groups -OCH3 is 1. The Kier molecular flexibility index (Phi) is 6.24. The SMILES string of the molecule is COc1ccc(C2C=NC(Nc3ccc(CCNC4CCC4)cc3)NC2)cc1. The van der Waals surface area contributed by atoms with Gasteiger partial charge in [-0.25, -0.2) is 0 Å². The smallest absolute Gasteiger partial charge is 0.173 e. The number of nitrogens with zero attached hydrogens (tertiary/aromatic N) is 1. The fraction of sp³-hybridized carbons (Fsp3) is 0.435. The van der Waals surface area contributed by atoms with Crippen molar-refractivity contribution in [3.05, 3.63) is 59.7 Å². The summed E-state index contributed by atoms with van der Waals surface area (Å²) in [4.78, 5) is 4.64. The van der Waals surface area contributed by atoms with Crippen molar-refractivity contribution in [1.82, 2.24) is 10.6 Å². The first-order chi connectivity index (χ1) is 13.8. The number of benzene rings is 2. The van der Waals surface area contributed by atoms with Gasteiger partial charge in [0.2, 0.25) is 0 Å². The van der Waals surface area contributed by atoms with Crippen molar-refractivity contribution in [3.8, 4) is 5.75 Å². The van der Waals surface area contributed by atoms with Crippen LogP contribution in [0, 0.1) is 0 Å². The maximum atomic E-state index is 5.23. The lowest BCUT2D eigenvalue weighted by Gasteiger charge is -2.26. The molecule has 5 heteroatoms. The van der Waals surface area contributed by atoms with Crippen LogP contribution < -0.4 is 20.7 Å². The summed E-state index contributed by atoms with van der Waals surface area (Å²) in [5.74, 6) is 1.17. The fourth-order valence-electron chi connectivity index (χ4n) is 3.64. The van der Waals surface area contributed by atoms with Gasteiger partial charge in [0, 0.05) is 30.4 Å². The molecule has 4 rings (SSSR count). The molecule has 0 radical (unpaired) electrons. The average Bonchev–Trinajstić information content (AvgIpc) is 2.72. The molecule has 1 heterocycles. The number of nitrogens with one attached hydrogen (secondary N) is 3. The molecule has 0 saturated heterocycles. The highest BCUT2D eigenvalue weighted by Gasteiger charge is 2.18. The largest absolute Gasteiger partial charge is 0.497 e. The zero-order chi connectivity index (χ0) is 19.2. The maximum absolute atomic E-state index is 5.23. The lowest BCUT2D eigenvalue weighted by atomic mass is 9.93. The number of anilines is 1. The molecule has 2 aromatic carbocycles. The fourth-order valence-corrected chi connectivity index (χ4v) is 3.64. The van der Waals surface area contributed by atoms with E-state index in [2.05, 4.69) is 57.3 Å². The van der Waals surface area contributed by atoms with E-state index in [0.29, 0.717) is 0 Å². The van der Waals surface area contributed by atoms with Crippen molar-refractivity contribution in [2.45, 2.75) is 43.9 Å². The summed E-state index contributed by atoms with van der Waals surface area (Å²) in [5, 5.41) is 10.5. The van der Waals surface area contributed by atoms with Crippen molar-refractivity contribution in [2.75, 3.05) is 25.5 Å². The molecule has 1 aliphatic heterocycles. The summed E-state index contributed by atoms with van der Waals surface area (Å²) in [6.45, 7) is 1.93. The Labute approximate surface area is 167 Å². The molecule has 2 atom stereocenters. The number of rotatable bonds is 8. The van der Waals surface area contributed by atoms with E-state index in [9.17, 15) is 0 Å². The Morgan fingerprint density at radius 1 is 1.07 bits per heavy atom. The molecule has 0 bridgehead atoms. The minimum absolute atomic E-state index is 0.0827. The molecule has 28 heavy (non-hydrogen) atoms. The zero-order valence-electron chi connectivity index (χ0n) is 16.5. The molecular weight excluding hydrogens is 348 g/mol. The van der Waals surface area contributed by atoms with Gasteiger partial charge in [-0.05, 0) is 61.2 Å². The lowest BCUT2D eigenvalue weighted by Crippen LogP contribution is -2.41. The van der Waals surface area contributed by atoms with Crippen molar-refractivity contribution in [2.24, 2.45) is 4.99 Å². The van der Waals surface area contributed by atoms with E-state index in [4.69, 9.17) is 4.74 Å². The topological polar surface area (TPSA) is 57.7 Å². The van der Waals surface area contributed by atoms with Gasteiger partial charge in [0.15, 0.2) is 6.29 Å². The van der Waals surface area contributed by atoms with Crippen LogP contribution in [0.5, 0.6) is 5.75 Å². The molecule has 5 nitrogen and oxygen atoms in total. The summed E-state index contributed by atoms with van der Waals surface area (Å²) >= 11 is 0. The van der Waals surface area contributed by atoms with Gasteiger partial charge in [0.05, 0.1) is 7.11 Å².